The Balaban J connectivity index is 2.03. The van der Waals surface area contributed by atoms with E-state index in [0.29, 0.717) is 12.5 Å². The van der Waals surface area contributed by atoms with E-state index >= 15 is 0 Å². The SMILES string of the molecule is CC(C)C(C)NC(=O)CN(Cc1ccccc1)Cc1ccccc1. The maximum Gasteiger partial charge on any atom is 0.234 e. The van der Waals surface area contributed by atoms with Crippen LogP contribution >= 0.6 is 0 Å². The minimum absolute atomic E-state index is 0.0862. The summed E-state index contributed by atoms with van der Waals surface area (Å²) in [5, 5.41) is 3.10. The molecule has 3 heteroatoms. The molecule has 2 aromatic carbocycles. The standard InChI is InChI=1S/C21H28N2O/c1-17(2)18(3)22-21(24)16-23(14-19-10-6-4-7-11-19)15-20-12-8-5-9-13-20/h4-13,17-18H,14-16H2,1-3H3,(H,22,24). The Bertz CT molecular complexity index is 569. The Labute approximate surface area is 145 Å². The average Bonchev–Trinajstić information content (AvgIpc) is 2.56. The van der Waals surface area contributed by atoms with Crippen molar-refractivity contribution in [2.24, 2.45) is 5.92 Å². The van der Waals surface area contributed by atoms with Crippen molar-refractivity contribution in [1.82, 2.24) is 10.2 Å². The molecule has 3 nitrogen and oxygen atoms in total. The van der Waals surface area contributed by atoms with Gasteiger partial charge in [-0.25, -0.2) is 0 Å². The van der Waals surface area contributed by atoms with Gasteiger partial charge in [-0.15, -0.1) is 0 Å². The predicted octanol–water partition coefficient (Wildman–Crippen LogP) is 3.85. The van der Waals surface area contributed by atoms with Crippen LogP contribution in [0.2, 0.25) is 0 Å². The Morgan fingerprint density at radius 2 is 1.33 bits per heavy atom. The van der Waals surface area contributed by atoms with E-state index in [9.17, 15) is 4.79 Å². The summed E-state index contributed by atoms with van der Waals surface area (Å²) in [6.07, 6.45) is 0. The molecule has 0 aliphatic rings. The molecule has 0 spiro atoms. The summed E-state index contributed by atoms with van der Waals surface area (Å²) >= 11 is 0. The highest BCUT2D eigenvalue weighted by Gasteiger charge is 2.15. The van der Waals surface area contributed by atoms with Gasteiger partial charge < -0.3 is 5.32 Å². The third-order valence-electron chi connectivity index (χ3n) is 4.25. The second-order valence-corrected chi connectivity index (χ2v) is 6.72. The summed E-state index contributed by atoms with van der Waals surface area (Å²) in [4.78, 5) is 14.6. The zero-order valence-corrected chi connectivity index (χ0v) is 14.9. The van der Waals surface area contributed by atoms with Crippen molar-refractivity contribution < 1.29 is 4.79 Å². The van der Waals surface area contributed by atoms with Crippen LogP contribution in [0.25, 0.3) is 0 Å². The van der Waals surface area contributed by atoms with E-state index in [2.05, 4.69) is 55.3 Å². The van der Waals surface area contributed by atoms with Crippen LogP contribution in [0.1, 0.15) is 31.9 Å². The van der Waals surface area contributed by atoms with Crippen LogP contribution in [0.5, 0.6) is 0 Å². The number of benzene rings is 2. The summed E-state index contributed by atoms with van der Waals surface area (Å²) in [7, 11) is 0. The first-order valence-corrected chi connectivity index (χ1v) is 8.64. The second kappa shape index (κ2) is 9.24. The molecule has 0 bridgehead atoms. The lowest BCUT2D eigenvalue weighted by molar-refractivity contribution is -0.123. The molecule has 0 aromatic heterocycles. The van der Waals surface area contributed by atoms with Gasteiger partial charge in [0.1, 0.15) is 0 Å². The first-order valence-electron chi connectivity index (χ1n) is 8.64. The highest BCUT2D eigenvalue weighted by atomic mass is 16.2. The van der Waals surface area contributed by atoms with Gasteiger partial charge in [-0.05, 0) is 24.0 Å². The van der Waals surface area contributed by atoms with Crippen LogP contribution in [0.3, 0.4) is 0 Å². The van der Waals surface area contributed by atoms with Crippen LogP contribution in [0.4, 0.5) is 0 Å². The van der Waals surface area contributed by atoms with E-state index < -0.39 is 0 Å². The van der Waals surface area contributed by atoms with E-state index in [1.165, 1.54) is 11.1 Å². The van der Waals surface area contributed by atoms with Gasteiger partial charge >= 0.3 is 0 Å². The highest BCUT2D eigenvalue weighted by molar-refractivity contribution is 5.78. The van der Waals surface area contributed by atoms with Gasteiger partial charge in [0.25, 0.3) is 0 Å². The van der Waals surface area contributed by atoms with Crippen molar-refractivity contribution in [3.05, 3.63) is 71.8 Å². The monoisotopic (exact) mass is 324 g/mol. The Kier molecular flexibility index (Phi) is 7.01. The van der Waals surface area contributed by atoms with Crippen LogP contribution in [-0.4, -0.2) is 23.4 Å². The fourth-order valence-corrected chi connectivity index (χ4v) is 2.52. The molecule has 0 heterocycles. The van der Waals surface area contributed by atoms with Gasteiger partial charge in [0, 0.05) is 19.1 Å². The molecule has 0 radical (unpaired) electrons. The highest BCUT2D eigenvalue weighted by Crippen LogP contribution is 2.10. The maximum absolute atomic E-state index is 12.4. The van der Waals surface area contributed by atoms with Crippen LogP contribution in [-0.2, 0) is 17.9 Å². The van der Waals surface area contributed by atoms with Crippen LogP contribution in [0.15, 0.2) is 60.7 Å². The Hall–Kier alpha value is -2.13. The van der Waals surface area contributed by atoms with Crippen LogP contribution in [0, 0.1) is 5.92 Å². The van der Waals surface area contributed by atoms with Crippen LogP contribution < -0.4 is 5.32 Å². The number of carbonyl (C=O) groups excluding carboxylic acids is 1. The lowest BCUT2D eigenvalue weighted by atomic mass is 10.1. The molecule has 0 aliphatic heterocycles. The van der Waals surface area contributed by atoms with E-state index in [-0.39, 0.29) is 11.9 Å². The molecule has 1 unspecified atom stereocenters. The van der Waals surface area contributed by atoms with Gasteiger partial charge in [0.05, 0.1) is 6.54 Å². The molecular weight excluding hydrogens is 296 g/mol. The molecule has 1 N–H and O–H groups in total. The molecule has 1 atom stereocenters. The largest absolute Gasteiger partial charge is 0.352 e. The quantitative estimate of drug-likeness (QED) is 0.800. The lowest BCUT2D eigenvalue weighted by Gasteiger charge is -2.24. The predicted molar refractivity (Wildman–Crippen MR) is 99.4 cm³/mol. The average molecular weight is 324 g/mol. The van der Waals surface area contributed by atoms with Crippen molar-refractivity contribution >= 4 is 5.91 Å². The van der Waals surface area contributed by atoms with E-state index in [0.717, 1.165) is 13.1 Å². The molecule has 0 fully saturated rings. The number of nitrogens with one attached hydrogen (secondary N) is 1. The fraction of sp³-hybridized carbons (Fsp3) is 0.381. The van der Waals surface area contributed by atoms with Gasteiger partial charge in [0.2, 0.25) is 5.91 Å². The lowest BCUT2D eigenvalue weighted by Crippen LogP contribution is -2.42. The van der Waals surface area contributed by atoms with Crippen molar-refractivity contribution in [3.8, 4) is 0 Å². The summed E-state index contributed by atoms with van der Waals surface area (Å²) in [5.74, 6) is 0.522. The number of carbonyl (C=O) groups is 1. The fourth-order valence-electron chi connectivity index (χ4n) is 2.52. The summed E-state index contributed by atoms with van der Waals surface area (Å²) < 4.78 is 0. The molecule has 0 aliphatic carbocycles. The smallest absolute Gasteiger partial charge is 0.234 e. The Morgan fingerprint density at radius 1 is 0.875 bits per heavy atom. The number of hydrogen-bond acceptors (Lipinski definition) is 2. The first kappa shape index (κ1) is 18.2. The van der Waals surface area contributed by atoms with E-state index in [1.54, 1.807) is 0 Å². The topological polar surface area (TPSA) is 32.3 Å². The molecule has 1 amide bonds. The second-order valence-electron chi connectivity index (χ2n) is 6.72. The van der Waals surface area contributed by atoms with Gasteiger partial charge in [0.15, 0.2) is 0 Å². The van der Waals surface area contributed by atoms with Crippen molar-refractivity contribution in [2.75, 3.05) is 6.54 Å². The minimum atomic E-state index is 0.0862. The molecule has 24 heavy (non-hydrogen) atoms. The molecule has 0 saturated heterocycles. The minimum Gasteiger partial charge on any atom is -0.352 e. The number of nitrogens with zero attached hydrogens (tertiary/aromatic N) is 1. The van der Waals surface area contributed by atoms with Crippen molar-refractivity contribution in [2.45, 2.75) is 39.9 Å². The van der Waals surface area contributed by atoms with Crippen molar-refractivity contribution in [1.29, 1.82) is 0 Å². The van der Waals surface area contributed by atoms with E-state index in [1.807, 2.05) is 36.4 Å². The molecule has 2 aromatic rings. The molecule has 0 saturated carbocycles. The van der Waals surface area contributed by atoms with Gasteiger partial charge in [-0.2, -0.15) is 0 Å². The number of rotatable bonds is 8. The third-order valence-corrected chi connectivity index (χ3v) is 4.25. The zero-order chi connectivity index (χ0) is 17.4. The summed E-state index contributed by atoms with van der Waals surface area (Å²) in [6.45, 7) is 8.23. The third kappa shape index (κ3) is 6.17. The normalized spacial score (nSPS) is 12.4. The van der Waals surface area contributed by atoms with Crippen molar-refractivity contribution in [3.63, 3.8) is 0 Å². The first-order chi connectivity index (χ1) is 11.5. The van der Waals surface area contributed by atoms with Gasteiger partial charge in [-0.3, -0.25) is 9.69 Å². The number of hydrogen-bond donors (Lipinski definition) is 1. The van der Waals surface area contributed by atoms with E-state index in [4.69, 9.17) is 0 Å². The molecule has 2 rings (SSSR count). The maximum atomic E-state index is 12.4. The zero-order valence-electron chi connectivity index (χ0n) is 14.9. The molecular formula is C21H28N2O. The summed E-state index contributed by atoms with van der Waals surface area (Å²) in [5.41, 5.74) is 2.44. The summed E-state index contributed by atoms with van der Waals surface area (Å²) in [6, 6.07) is 20.8. The van der Waals surface area contributed by atoms with Gasteiger partial charge in [-0.1, -0.05) is 74.5 Å². The molecule has 128 valence electrons. The number of amides is 1. The Morgan fingerprint density at radius 3 is 1.75 bits per heavy atom.